The van der Waals surface area contributed by atoms with E-state index in [0.29, 0.717) is 0 Å². The molecule has 1 N–H and O–H groups in total. The van der Waals surface area contributed by atoms with E-state index in [2.05, 4.69) is 24.4 Å². The van der Waals surface area contributed by atoms with E-state index in [0.717, 1.165) is 24.9 Å². The molecule has 0 radical (unpaired) electrons. The summed E-state index contributed by atoms with van der Waals surface area (Å²) in [6, 6.07) is 15.5. The Bertz CT molecular complexity index is 556. The van der Waals surface area contributed by atoms with Gasteiger partial charge in [-0.05, 0) is 24.1 Å². The molecule has 2 nitrogen and oxygen atoms in total. The number of nitrogens with one attached hydrogen (secondary N) is 1. The van der Waals surface area contributed by atoms with Crippen molar-refractivity contribution in [3.8, 4) is 5.75 Å². The number of benzene rings is 2. The van der Waals surface area contributed by atoms with Crippen LogP contribution in [0.15, 0.2) is 48.5 Å². The molecule has 0 saturated heterocycles. The number of anilines is 1. The zero-order valence-corrected chi connectivity index (χ0v) is 12.6. The molecule has 2 aromatic carbocycles. The molecule has 0 fully saturated rings. The molecule has 0 saturated carbocycles. The van der Waals surface area contributed by atoms with E-state index in [4.69, 9.17) is 4.74 Å². The fourth-order valence-electron chi connectivity index (χ4n) is 2.37. The molecule has 0 aromatic heterocycles. The van der Waals surface area contributed by atoms with Crippen LogP contribution in [-0.4, -0.2) is 7.11 Å². The predicted molar refractivity (Wildman–Crippen MR) is 85.3 cm³/mol. The van der Waals surface area contributed by atoms with Crippen molar-refractivity contribution in [3.05, 3.63) is 59.9 Å². The fraction of sp³-hybridized carbons (Fsp3) is 0.333. The van der Waals surface area contributed by atoms with E-state index in [9.17, 15) is 4.39 Å². The molecule has 21 heavy (non-hydrogen) atoms. The molecular formula is C18H22FNO. The number of unbranched alkanes of at least 4 members (excludes halogenated alkanes) is 1. The van der Waals surface area contributed by atoms with Crippen LogP contribution in [-0.2, 0) is 0 Å². The van der Waals surface area contributed by atoms with Crippen molar-refractivity contribution < 1.29 is 9.13 Å². The van der Waals surface area contributed by atoms with Crippen molar-refractivity contribution in [2.45, 2.75) is 32.2 Å². The number of hydrogen-bond acceptors (Lipinski definition) is 2. The fourth-order valence-corrected chi connectivity index (χ4v) is 2.37. The lowest BCUT2D eigenvalue weighted by Gasteiger charge is -2.20. The summed E-state index contributed by atoms with van der Waals surface area (Å²) in [7, 11) is 1.47. The van der Waals surface area contributed by atoms with Gasteiger partial charge in [0.15, 0.2) is 11.6 Å². The number of rotatable bonds is 7. The largest absolute Gasteiger partial charge is 0.494 e. The van der Waals surface area contributed by atoms with Gasteiger partial charge in [0.05, 0.1) is 13.2 Å². The standard InChI is InChI=1S/C18H22FNO/c1-3-4-10-17(14-8-6-5-7-9-14)20-15-11-12-18(21-2)16(19)13-15/h5-9,11-13,17,20H,3-4,10H2,1-2H3. The molecule has 2 aromatic rings. The molecule has 1 atom stereocenters. The molecule has 2 rings (SSSR count). The summed E-state index contributed by atoms with van der Waals surface area (Å²) in [5, 5.41) is 3.43. The Kier molecular flexibility index (Phi) is 5.61. The van der Waals surface area contributed by atoms with Gasteiger partial charge in [-0.3, -0.25) is 0 Å². The minimum Gasteiger partial charge on any atom is -0.494 e. The van der Waals surface area contributed by atoms with Crippen molar-refractivity contribution in [2.24, 2.45) is 0 Å². The maximum Gasteiger partial charge on any atom is 0.167 e. The Morgan fingerprint density at radius 2 is 1.90 bits per heavy atom. The lowest BCUT2D eigenvalue weighted by atomic mass is 10.0. The van der Waals surface area contributed by atoms with Gasteiger partial charge in [0.1, 0.15) is 0 Å². The van der Waals surface area contributed by atoms with Gasteiger partial charge in [-0.25, -0.2) is 4.39 Å². The highest BCUT2D eigenvalue weighted by molar-refractivity contribution is 5.49. The summed E-state index contributed by atoms with van der Waals surface area (Å²) >= 11 is 0. The third-order valence-corrected chi connectivity index (χ3v) is 3.54. The van der Waals surface area contributed by atoms with Crippen LogP contribution in [0.1, 0.15) is 37.8 Å². The third-order valence-electron chi connectivity index (χ3n) is 3.54. The van der Waals surface area contributed by atoms with Gasteiger partial charge in [0.25, 0.3) is 0 Å². The zero-order valence-electron chi connectivity index (χ0n) is 12.6. The normalized spacial score (nSPS) is 12.0. The van der Waals surface area contributed by atoms with Crippen LogP contribution in [0.25, 0.3) is 0 Å². The average Bonchev–Trinajstić information content (AvgIpc) is 2.52. The molecule has 112 valence electrons. The second-order valence-electron chi connectivity index (χ2n) is 5.10. The highest BCUT2D eigenvalue weighted by Crippen LogP contribution is 2.27. The van der Waals surface area contributed by atoms with Crippen molar-refractivity contribution in [1.29, 1.82) is 0 Å². The second kappa shape index (κ2) is 7.67. The summed E-state index contributed by atoms with van der Waals surface area (Å²) in [4.78, 5) is 0. The Balaban J connectivity index is 2.16. The Labute approximate surface area is 126 Å². The van der Waals surface area contributed by atoms with E-state index in [-0.39, 0.29) is 17.6 Å². The van der Waals surface area contributed by atoms with Gasteiger partial charge in [0.2, 0.25) is 0 Å². The lowest BCUT2D eigenvalue weighted by molar-refractivity contribution is 0.386. The van der Waals surface area contributed by atoms with Crippen LogP contribution in [0.2, 0.25) is 0 Å². The minimum absolute atomic E-state index is 0.193. The van der Waals surface area contributed by atoms with Crippen molar-refractivity contribution in [3.63, 3.8) is 0 Å². The molecular weight excluding hydrogens is 265 g/mol. The molecule has 3 heteroatoms. The van der Waals surface area contributed by atoms with E-state index < -0.39 is 0 Å². The van der Waals surface area contributed by atoms with Gasteiger partial charge < -0.3 is 10.1 Å². The van der Waals surface area contributed by atoms with E-state index >= 15 is 0 Å². The number of methoxy groups -OCH3 is 1. The van der Waals surface area contributed by atoms with Gasteiger partial charge in [-0.2, -0.15) is 0 Å². The van der Waals surface area contributed by atoms with Crippen LogP contribution >= 0.6 is 0 Å². The maximum absolute atomic E-state index is 13.8. The first-order valence-electron chi connectivity index (χ1n) is 7.39. The number of ether oxygens (including phenoxy) is 1. The zero-order chi connectivity index (χ0) is 15.1. The maximum atomic E-state index is 13.8. The Hall–Kier alpha value is -2.03. The molecule has 0 aliphatic heterocycles. The highest BCUT2D eigenvalue weighted by atomic mass is 19.1. The first-order chi connectivity index (χ1) is 10.2. The molecule has 0 amide bonds. The predicted octanol–water partition coefficient (Wildman–Crippen LogP) is 5.18. The topological polar surface area (TPSA) is 21.3 Å². The second-order valence-corrected chi connectivity index (χ2v) is 5.10. The van der Waals surface area contributed by atoms with Gasteiger partial charge >= 0.3 is 0 Å². The number of hydrogen-bond donors (Lipinski definition) is 1. The third kappa shape index (κ3) is 4.22. The quantitative estimate of drug-likeness (QED) is 0.757. The summed E-state index contributed by atoms with van der Waals surface area (Å²) in [5.74, 6) is -0.0739. The molecule has 0 bridgehead atoms. The summed E-state index contributed by atoms with van der Waals surface area (Å²) < 4.78 is 18.7. The van der Waals surface area contributed by atoms with Crippen molar-refractivity contribution in [2.75, 3.05) is 12.4 Å². The van der Waals surface area contributed by atoms with Crippen LogP contribution in [0.5, 0.6) is 5.75 Å². The van der Waals surface area contributed by atoms with Crippen LogP contribution in [0, 0.1) is 5.82 Å². The molecule has 0 aliphatic carbocycles. The molecule has 0 heterocycles. The van der Waals surface area contributed by atoms with E-state index in [1.807, 2.05) is 24.3 Å². The SMILES string of the molecule is CCCCC(Nc1ccc(OC)c(F)c1)c1ccccc1. The number of halogens is 1. The van der Waals surface area contributed by atoms with Crippen molar-refractivity contribution in [1.82, 2.24) is 0 Å². The Morgan fingerprint density at radius 3 is 2.52 bits per heavy atom. The van der Waals surface area contributed by atoms with E-state index in [1.54, 1.807) is 6.07 Å². The van der Waals surface area contributed by atoms with Gasteiger partial charge in [0, 0.05) is 11.8 Å². The summed E-state index contributed by atoms with van der Waals surface area (Å²) in [6.07, 6.45) is 3.29. The van der Waals surface area contributed by atoms with Gasteiger partial charge in [-0.15, -0.1) is 0 Å². The average molecular weight is 287 g/mol. The molecule has 0 aliphatic rings. The van der Waals surface area contributed by atoms with Crippen LogP contribution < -0.4 is 10.1 Å². The summed E-state index contributed by atoms with van der Waals surface area (Å²) in [6.45, 7) is 2.18. The van der Waals surface area contributed by atoms with Crippen LogP contribution in [0.4, 0.5) is 10.1 Å². The lowest BCUT2D eigenvalue weighted by Crippen LogP contribution is -2.11. The minimum atomic E-state index is -0.343. The molecule has 0 spiro atoms. The first kappa shape index (κ1) is 15.4. The monoisotopic (exact) mass is 287 g/mol. The smallest absolute Gasteiger partial charge is 0.167 e. The van der Waals surface area contributed by atoms with Gasteiger partial charge in [-0.1, -0.05) is 50.1 Å². The summed E-state index contributed by atoms with van der Waals surface area (Å²) in [5.41, 5.74) is 2.00. The highest BCUT2D eigenvalue weighted by Gasteiger charge is 2.12. The molecule has 1 unspecified atom stereocenters. The van der Waals surface area contributed by atoms with E-state index in [1.165, 1.54) is 18.7 Å². The Morgan fingerprint density at radius 1 is 1.14 bits per heavy atom. The van der Waals surface area contributed by atoms with Crippen LogP contribution in [0.3, 0.4) is 0 Å². The van der Waals surface area contributed by atoms with Crippen molar-refractivity contribution >= 4 is 5.69 Å². The first-order valence-corrected chi connectivity index (χ1v) is 7.39.